The molecular weight excluding hydrogens is 228 g/mol. The van der Waals surface area contributed by atoms with E-state index in [0.29, 0.717) is 18.4 Å². The molecule has 1 aromatic carbocycles. The van der Waals surface area contributed by atoms with Crippen LogP contribution in [0.1, 0.15) is 42.3 Å². The molecule has 1 unspecified atom stereocenters. The summed E-state index contributed by atoms with van der Waals surface area (Å²) in [4.78, 5) is 23.1. The molecule has 2 rings (SSSR count). The van der Waals surface area contributed by atoms with E-state index in [-0.39, 0.29) is 11.7 Å². The molecule has 3 nitrogen and oxygen atoms in total. The molecule has 1 N–H and O–H groups in total. The van der Waals surface area contributed by atoms with Crippen molar-refractivity contribution in [2.75, 3.05) is 0 Å². The van der Waals surface area contributed by atoms with Crippen LogP contribution in [0.4, 0.5) is 0 Å². The lowest BCUT2D eigenvalue weighted by molar-refractivity contribution is -0.141. The van der Waals surface area contributed by atoms with Crippen LogP contribution in [-0.4, -0.2) is 16.9 Å². The Hall–Kier alpha value is -1.64. The number of rotatable bonds is 2. The standard InChI is InChI=1S/C15H18O3/c1-15(2,3)13(16)10-5-4-9-6-12(14(17)18)8-11(9)7-10/h4-5,7,12H,6,8H2,1-3H3,(H,17,18). The Labute approximate surface area is 107 Å². The monoisotopic (exact) mass is 246 g/mol. The third-order valence-electron chi connectivity index (χ3n) is 3.43. The summed E-state index contributed by atoms with van der Waals surface area (Å²) in [6.07, 6.45) is 1.12. The summed E-state index contributed by atoms with van der Waals surface area (Å²) in [6, 6.07) is 5.58. The predicted molar refractivity (Wildman–Crippen MR) is 68.8 cm³/mol. The fourth-order valence-electron chi connectivity index (χ4n) is 2.37. The average molecular weight is 246 g/mol. The van der Waals surface area contributed by atoms with Gasteiger partial charge >= 0.3 is 5.97 Å². The van der Waals surface area contributed by atoms with Crippen molar-refractivity contribution in [3.8, 4) is 0 Å². The highest BCUT2D eigenvalue weighted by molar-refractivity contribution is 6.00. The predicted octanol–water partition coefficient (Wildman–Crippen LogP) is 2.71. The van der Waals surface area contributed by atoms with E-state index in [9.17, 15) is 9.59 Å². The van der Waals surface area contributed by atoms with Gasteiger partial charge < -0.3 is 5.11 Å². The summed E-state index contributed by atoms with van der Waals surface area (Å²) >= 11 is 0. The van der Waals surface area contributed by atoms with Gasteiger partial charge in [-0.05, 0) is 30.0 Å². The van der Waals surface area contributed by atoms with Gasteiger partial charge in [0.1, 0.15) is 0 Å². The molecule has 96 valence electrons. The van der Waals surface area contributed by atoms with Crippen LogP contribution in [0.25, 0.3) is 0 Å². The van der Waals surface area contributed by atoms with Gasteiger partial charge in [-0.3, -0.25) is 9.59 Å². The molecule has 0 spiro atoms. The number of carbonyl (C=O) groups excluding carboxylic acids is 1. The molecule has 1 atom stereocenters. The zero-order valence-corrected chi connectivity index (χ0v) is 11.0. The maximum atomic E-state index is 12.2. The highest BCUT2D eigenvalue weighted by Gasteiger charge is 2.29. The van der Waals surface area contributed by atoms with E-state index < -0.39 is 11.4 Å². The molecule has 0 saturated carbocycles. The number of Topliss-reactive ketones (excluding diaryl/α,β-unsaturated/α-hetero) is 1. The second-order valence-electron chi connectivity index (χ2n) is 6.01. The summed E-state index contributed by atoms with van der Waals surface area (Å²) in [6.45, 7) is 5.67. The SMILES string of the molecule is CC(C)(C)C(=O)c1ccc2c(c1)CC(C(=O)O)C2. The Kier molecular flexibility index (Phi) is 3.01. The van der Waals surface area contributed by atoms with Crippen molar-refractivity contribution < 1.29 is 14.7 Å². The van der Waals surface area contributed by atoms with E-state index in [2.05, 4.69) is 0 Å². The van der Waals surface area contributed by atoms with Gasteiger partial charge in [0.05, 0.1) is 5.92 Å². The zero-order valence-electron chi connectivity index (χ0n) is 11.0. The lowest BCUT2D eigenvalue weighted by Gasteiger charge is -2.17. The maximum Gasteiger partial charge on any atom is 0.307 e. The molecule has 1 aromatic rings. The smallest absolute Gasteiger partial charge is 0.307 e. The lowest BCUT2D eigenvalue weighted by Crippen LogP contribution is -2.20. The summed E-state index contributed by atoms with van der Waals surface area (Å²) < 4.78 is 0. The van der Waals surface area contributed by atoms with E-state index in [4.69, 9.17) is 5.11 Å². The molecule has 0 amide bonds. The summed E-state index contributed by atoms with van der Waals surface area (Å²) in [7, 11) is 0. The number of aliphatic carboxylic acids is 1. The van der Waals surface area contributed by atoms with Crippen molar-refractivity contribution in [1.82, 2.24) is 0 Å². The molecule has 0 aromatic heterocycles. The Morgan fingerprint density at radius 2 is 1.78 bits per heavy atom. The van der Waals surface area contributed by atoms with Gasteiger partial charge in [0, 0.05) is 11.0 Å². The topological polar surface area (TPSA) is 54.4 Å². The van der Waals surface area contributed by atoms with Crippen molar-refractivity contribution in [2.45, 2.75) is 33.6 Å². The van der Waals surface area contributed by atoms with Gasteiger partial charge in [0.15, 0.2) is 5.78 Å². The van der Waals surface area contributed by atoms with Crippen LogP contribution < -0.4 is 0 Å². The minimum absolute atomic E-state index is 0.101. The molecule has 0 aliphatic heterocycles. The molecule has 0 fully saturated rings. The highest BCUT2D eigenvalue weighted by atomic mass is 16.4. The van der Waals surface area contributed by atoms with Crippen molar-refractivity contribution in [3.63, 3.8) is 0 Å². The van der Waals surface area contributed by atoms with Crippen LogP contribution in [0.15, 0.2) is 18.2 Å². The fourth-order valence-corrected chi connectivity index (χ4v) is 2.37. The van der Waals surface area contributed by atoms with Crippen LogP contribution in [0, 0.1) is 11.3 Å². The van der Waals surface area contributed by atoms with E-state index in [1.165, 1.54) is 0 Å². The Morgan fingerprint density at radius 1 is 1.17 bits per heavy atom. The van der Waals surface area contributed by atoms with Gasteiger partial charge in [-0.2, -0.15) is 0 Å². The first kappa shape index (κ1) is 12.8. The second kappa shape index (κ2) is 4.23. The minimum atomic E-state index is -0.755. The van der Waals surface area contributed by atoms with Crippen molar-refractivity contribution in [2.24, 2.45) is 11.3 Å². The largest absolute Gasteiger partial charge is 0.481 e. The number of carbonyl (C=O) groups is 2. The van der Waals surface area contributed by atoms with Crippen molar-refractivity contribution in [1.29, 1.82) is 0 Å². The van der Waals surface area contributed by atoms with Crippen LogP contribution in [0.2, 0.25) is 0 Å². The minimum Gasteiger partial charge on any atom is -0.481 e. The first-order valence-corrected chi connectivity index (χ1v) is 6.18. The molecule has 1 aliphatic rings. The Bertz CT molecular complexity index is 509. The fraction of sp³-hybridized carbons (Fsp3) is 0.467. The molecule has 0 heterocycles. The number of hydrogen-bond acceptors (Lipinski definition) is 2. The van der Waals surface area contributed by atoms with E-state index in [1.54, 1.807) is 0 Å². The maximum absolute atomic E-state index is 12.2. The number of benzene rings is 1. The lowest BCUT2D eigenvalue weighted by atomic mass is 9.86. The van der Waals surface area contributed by atoms with E-state index >= 15 is 0 Å². The third-order valence-corrected chi connectivity index (χ3v) is 3.43. The first-order valence-electron chi connectivity index (χ1n) is 6.18. The van der Waals surface area contributed by atoms with Gasteiger partial charge in [-0.15, -0.1) is 0 Å². The van der Waals surface area contributed by atoms with Crippen LogP contribution >= 0.6 is 0 Å². The van der Waals surface area contributed by atoms with Crippen LogP contribution in [0.3, 0.4) is 0 Å². The molecular formula is C15H18O3. The van der Waals surface area contributed by atoms with Gasteiger partial charge in [-0.1, -0.05) is 32.9 Å². The zero-order chi connectivity index (χ0) is 13.5. The molecule has 0 radical (unpaired) electrons. The van der Waals surface area contributed by atoms with Crippen LogP contribution in [0.5, 0.6) is 0 Å². The van der Waals surface area contributed by atoms with E-state index in [0.717, 1.165) is 11.1 Å². The summed E-state index contributed by atoms with van der Waals surface area (Å²) in [5, 5.41) is 9.03. The number of carboxylic acids is 1. The summed E-state index contributed by atoms with van der Waals surface area (Å²) in [5.41, 5.74) is 2.36. The quantitative estimate of drug-likeness (QED) is 0.816. The number of hydrogen-bond donors (Lipinski definition) is 1. The van der Waals surface area contributed by atoms with Crippen LogP contribution in [-0.2, 0) is 17.6 Å². The highest BCUT2D eigenvalue weighted by Crippen LogP contribution is 2.30. The molecule has 0 bridgehead atoms. The normalized spacial score (nSPS) is 18.5. The van der Waals surface area contributed by atoms with Gasteiger partial charge in [0.25, 0.3) is 0 Å². The summed E-state index contributed by atoms with van der Waals surface area (Å²) in [5.74, 6) is -0.987. The van der Waals surface area contributed by atoms with Crippen molar-refractivity contribution in [3.05, 3.63) is 34.9 Å². The molecule has 1 aliphatic carbocycles. The number of fused-ring (bicyclic) bond motifs is 1. The molecule has 18 heavy (non-hydrogen) atoms. The second-order valence-corrected chi connectivity index (χ2v) is 6.01. The Balaban J connectivity index is 2.29. The molecule has 3 heteroatoms. The average Bonchev–Trinajstić information content (AvgIpc) is 2.69. The Morgan fingerprint density at radius 3 is 2.33 bits per heavy atom. The van der Waals surface area contributed by atoms with Gasteiger partial charge in [-0.25, -0.2) is 0 Å². The van der Waals surface area contributed by atoms with Gasteiger partial charge in [0.2, 0.25) is 0 Å². The van der Waals surface area contributed by atoms with E-state index in [1.807, 2.05) is 39.0 Å². The third kappa shape index (κ3) is 2.30. The number of ketones is 1. The first-order chi connectivity index (χ1) is 8.29. The van der Waals surface area contributed by atoms with Crippen molar-refractivity contribution >= 4 is 11.8 Å². The molecule has 0 saturated heterocycles. The number of carboxylic acid groups (broad SMARTS) is 1.